The van der Waals surface area contributed by atoms with Crippen molar-refractivity contribution in [1.82, 2.24) is 29.0 Å². The van der Waals surface area contributed by atoms with Crippen LogP contribution in [0.4, 0.5) is 0 Å². The lowest BCUT2D eigenvalue weighted by Gasteiger charge is -2.23. The summed E-state index contributed by atoms with van der Waals surface area (Å²) in [6.45, 7) is 5.05. The van der Waals surface area contributed by atoms with Gasteiger partial charge in [0.05, 0.1) is 12.2 Å². The SMILES string of the molecule is Cc1cccn2cc(CN3CCC[C@@H]3Cn3cncn3)nc12. The minimum absolute atomic E-state index is 0.521. The molecule has 0 bridgehead atoms. The molecule has 0 aromatic carbocycles. The number of hydrogen-bond donors (Lipinski definition) is 0. The largest absolute Gasteiger partial charge is 0.307 e. The first kappa shape index (κ1) is 13.5. The van der Waals surface area contributed by atoms with Gasteiger partial charge in [-0.05, 0) is 37.9 Å². The number of pyridine rings is 1. The lowest BCUT2D eigenvalue weighted by atomic mass is 10.2. The molecule has 1 fully saturated rings. The van der Waals surface area contributed by atoms with E-state index in [2.05, 4.69) is 50.8 Å². The van der Waals surface area contributed by atoms with Crippen LogP contribution in [0.5, 0.6) is 0 Å². The Morgan fingerprint density at radius 1 is 1.36 bits per heavy atom. The van der Waals surface area contributed by atoms with E-state index in [9.17, 15) is 0 Å². The van der Waals surface area contributed by atoms with Crippen molar-refractivity contribution in [2.75, 3.05) is 6.54 Å². The number of hydrogen-bond acceptors (Lipinski definition) is 4. The molecule has 0 spiro atoms. The van der Waals surface area contributed by atoms with Crippen molar-refractivity contribution >= 4 is 5.65 Å². The Labute approximate surface area is 129 Å². The fourth-order valence-electron chi connectivity index (χ4n) is 3.34. The molecule has 1 atom stereocenters. The number of nitrogens with zero attached hydrogens (tertiary/aromatic N) is 6. The smallest absolute Gasteiger partial charge is 0.139 e. The van der Waals surface area contributed by atoms with Crippen LogP contribution >= 0.6 is 0 Å². The zero-order chi connectivity index (χ0) is 14.9. The average Bonchev–Trinajstić information content (AvgIpc) is 3.22. The van der Waals surface area contributed by atoms with Crippen LogP contribution in [0.1, 0.15) is 24.1 Å². The number of aromatic nitrogens is 5. The number of imidazole rings is 1. The van der Waals surface area contributed by atoms with E-state index in [0.717, 1.165) is 31.0 Å². The summed E-state index contributed by atoms with van der Waals surface area (Å²) in [6.07, 6.45) is 10.1. The third-order valence-electron chi connectivity index (χ3n) is 4.46. The maximum Gasteiger partial charge on any atom is 0.139 e. The van der Waals surface area contributed by atoms with Crippen molar-refractivity contribution in [3.8, 4) is 0 Å². The summed E-state index contributed by atoms with van der Waals surface area (Å²) in [4.78, 5) is 11.3. The van der Waals surface area contributed by atoms with Crippen LogP contribution in [0.25, 0.3) is 5.65 Å². The van der Waals surface area contributed by atoms with Crippen molar-refractivity contribution < 1.29 is 0 Å². The summed E-state index contributed by atoms with van der Waals surface area (Å²) in [6, 6.07) is 4.69. The second kappa shape index (κ2) is 5.53. The van der Waals surface area contributed by atoms with Crippen LogP contribution in [-0.2, 0) is 13.1 Å². The molecule has 6 heteroatoms. The van der Waals surface area contributed by atoms with Gasteiger partial charge in [-0.25, -0.2) is 9.97 Å². The Morgan fingerprint density at radius 3 is 3.14 bits per heavy atom. The van der Waals surface area contributed by atoms with E-state index in [-0.39, 0.29) is 0 Å². The molecule has 0 amide bonds. The zero-order valence-electron chi connectivity index (χ0n) is 12.8. The summed E-state index contributed by atoms with van der Waals surface area (Å²) in [5, 5.41) is 4.23. The maximum absolute atomic E-state index is 4.79. The molecular formula is C16H20N6. The number of rotatable bonds is 4. The van der Waals surface area contributed by atoms with Crippen molar-refractivity contribution in [2.24, 2.45) is 0 Å². The third kappa shape index (κ3) is 2.50. The highest BCUT2D eigenvalue weighted by atomic mass is 15.3. The van der Waals surface area contributed by atoms with Gasteiger partial charge in [0.1, 0.15) is 18.3 Å². The quantitative estimate of drug-likeness (QED) is 0.738. The van der Waals surface area contributed by atoms with Gasteiger partial charge in [-0.15, -0.1) is 0 Å². The van der Waals surface area contributed by atoms with Gasteiger partial charge in [0.15, 0.2) is 0 Å². The first-order valence-electron chi connectivity index (χ1n) is 7.79. The predicted octanol–water partition coefficient (Wildman–Crippen LogP) is 1.90. The first-order valence-corrected chi connectivity index (χ1v) is 7.79. The number of fused-ring (bicyclic) bond motifs is 1. The standard InChI is InChI=1S/C16H20N6/c1-13-4-2-7-21-9-14(19-16(13)21)8-20-6-3-5-15(20)10-22-12-17-11-18-22/h2,4,7,9,11-12,15H,3,5-6,8,10H2,1H3/t15-/m1/s1. The molecule has 114 valence electrons. The molecule has 1 aliphatic heterocycles. The molecule has 0 aliphatic carbocycles. The fraction of sp³-hybridized carbons (Fsp3) is 0.438. The monoisotopic (exact) mass is 296 g/mol. The molecule has 4 rings (SSSR count). The Morgan fingerprint density at radius 2 is 2.32 bits per heavy atom. The molecule has 0 unspecified atom stereocenters. The molecule has 0 radical (unpaired) electrons. The zero-order valence-corrected chi connectivity index (χ0v) is 12.8. The van der Waals surface area contributed by atoms with Crippen molar-refractivity contribution in [3.05, 3.63) is 48.4 Å². The van der Waals surface area contributed by atoms with E-state index in [0.29, 0.717) is 6.04 Å². The molecule has 6 nitrogen and oxygen atoms in total. The van der Waals surface area contributed by atoms with E-state index < -0.39 is 0 Å². The van der Waals surface area contributed by atoms with E-state index in [4.69, 9.17) is 4.98 Å². The maximum atomic E-state index is 4.79. The van der Waals surface area contributed by atoms with E-state index >= 15 is 0 Å². The summed E-state index contributed by atoms with van der Waals surface area (Å²) in [5.41, 5.74) is 3.42. The molecule has 22 heavy (non-hydrogen) atoms. The van der Waals surface area contributed by atoms with Crippen LogP contribution in [0, 0.1) is 6.92 Å². The molecule has 3 aromatic rings. The minimum Gasteiger partial charge on any atom is -0.307 e. The van der Waals surface area contributed by atoms with Crippen molar-refractivity contribution in [2.45, 2.75) is 38.9 Å². The average molecular weight is 296 g/mol. The van der Waals surface area contributed by atoms with Gasteiger partial charge in [0.25, 0.3) is 0 Å². The Bertz CT molecular complexity index is 760. The third-order valence-corrected chi connectivity index (χ3v) is 4.46. The van der Waals surface area contributed by atoms with E-state index in [1.54, 1.807) is 12.7 Å². The molecule has 0 N–H and O–H groups in total. The summed E-state index contributed by atoms with van der Waals surface area (Å²) < 4.78 is 4.05. The lowest BCUT2D eigenvalue weighted by Crippen LogP contribution is -2.32. The Hall–Kier alpha value is -2.21. The van der Waals surface area contributed by atoms with E-state index in [1.807, 2.05) is 4.68 Å². The number of likely N-dealkylation sites (tertiary alicyclic amines) is 1. The molecule has 1 saturated heterocycles. The first-order chi connectivity index (χ1) is 10.8. The van der Waals surface area contributed by atoms with Gasteiger partial charge in [-0.1, -0.05) is 6.07 Å². The number of aryl methyl sites for hydroxylation is 1. The van der Waals surface area contributed by atoms with Gasteiger partial charge in [-0.2, -0.15) is 5.10 Å². The molecular weight excluding hydrogens is 276 g/mol. The van der Waals surface area contributed by atoms with Crippen LogP contribution < -0.4 is 0 Å². The minimum atomic E-state index is 0.521. The normalized spacial score (nSPS) is 19.2. The van der Waals surface area contributed by atoms with Crippen molar-refractivity contribution in [3.63, 3.8) is 0 Å². The summed E-state index contributed by atoms with van der Waals surface area (Å²) in [5.74, 6) is 0. The van der Waals surface area contributed by atoms with Crippen LogP contribution in [0.15, 0.2) is 37.2 Å². The molecule has 0 saturated carbocycles. The van der Waals surface area contributed by atoms with Gasteiger partial charge in [0.2, 0.25) is 0 Å². The second-order valence-corrected chi connectivity index (χ2v) is 6.04. The molecule has 4 heterocycles. The van der Waals surface area contributed by atoms with Crippen molar-refractivity contribution in [1.29, 1.82) is 0 Å². The van der Waals surface area contributed by atoms with Gasteiger partial charge in [0, 0.05) is 25.0 Å². The molecule has 3 aromatic heterocycles. The lowest BCUT2D eigenvalue weighted by molar-refractivity contribution is 0.217. The van der Waals surface area contributed by atoms with Crippen LogP contribution in [0.3, 0.4) is 0 Å². The van der Waals surface area contributed by atoms with E-state index in [1.165, 1.54) is 18.4 Å². The Balaban J connectivity index is 1.52. The fourth-order valence-corrected chi connectivity index (χ4v) is 3.34. The van der Waals surface area contributed by atoms with Gasteiger partial charge < -0.3 is 4.40 Å². The molecule has 1 aliphatic rings. The summed E-state index contributed by atoms with van der Waals surface area (Å²) in [7, 11) is 0. The predicted molar refractivity (Wildman–Crippen MR) is 83.4 cm³/mol. The van der Waals surface area contributed by atoms with Gasteiger partial charge in [-0.3, -0.25) is 9.58 Å². The van der Waals surface area contributed by atoms with Gasteiger partial charge >= 0.3 is 0 Å². The van der Waals surface area contributed by atoms with Crippen LogP contribution in [-0.4, -0.2) is 41.6 Å². The highest BCUT2D eigenvalue weighted by Crippen LogP contribution is 2.21. The van der Waals surface area contributed by atoms with Crippen LogP contribution in [0.2, 0.25) is 0 Å². The highest BCUT2D eigenvalue weighted by molar-refractivity contribution is 5.47. The summed E-state index contributed by atoms with van der Waals surface area (Å²) >= 11 is 0. The second-order valence-electron chi connectivity index (χ2n) is 6.04. The topological polar surface area (TPSA) is 51.2 Å². The Kier molecular flexibility index (Phi) is 3.38. The highest BCUT2D eigenvalue weighted by Gasteiger charge is 2.25.